The average molecular weight is 444 g/mol. The zero-order chi connectivity index (χ0) is 22.6. The molecule has 4 rings (SSSR count). The molecule has 9 heteroatoms. The highest BCUT2D eigenvalue weighted by atomic mass is 32.1. The number of anilines is 1. The SMILES string of the molecule is COC(=O)c1c(NC(=O)Cn2c(=O)oc3ccccc32)sc2c1CC(C)(C)NC2(C)C. The Morgan fingerprint density at radius 1 is 1.26 bits per heavy atom. The number of hydrogen-bond acceptors (Lipinski definition) is 7. The molecule has 0 radical (unpaired) electrons. The summed E-state index contributed by atoms with van der Waals surface area (Å²) < 4.78 is 11.5. The Bertz CT molecular complexity index is 1250. The second-order valence-electron chi connectivity index (χ2n) is 8.89. The van der Waals surface area contributed by atoms with E-state index in [4.69, 9.17) is 9.15 Å². The monoisotopic (exact) mass is 443 g/mol. The van der Waals surface area contributed by atoms with Crippen molar-refractivity contribution in [3.05, 3.63) is 50.8 Å². The molecule has 3 aromatic rings. The van der Waals surface area contributed by atoms with E-state index in [1.807, 2.05) is 13.8 Å². The van der Waals surface area contributed by atoms with Gasteiger partial charge in [0.1, 0.15) is 11.5 Å². The third kappa shape index (κ3) is 3.79. The lowest BCUT2D eigenvalue weighted by Gasteiger charge is -2.42. The number of hydrogen-bond donors (Lipinski definition) is 2. The summed E-state index contributed by atoms with van der Waals surface area (Å²) in [7, 11) is 1.33. The van der Waals surface area contributed by atoms with Crippen molar-refractivity contribution >= 4 is 39.3 Å². The largest absolute Gasteiger partial charge is 0.465 e. The number of ether oxygens (including phenoxy) is 1. The summed E-state index contributed by atoms with van der Waals surface area (Å²) in [6, 6.07) is 6.91. The van der Waals surface area contributed by atoms with Gasteiger partial charge in [-0.05, 0) is 51.8 Å². The summed E-state index contributed by atoms with van der Waals surface area (Å²) in [5, 5.41) is 6.84. The van der Waals surface area contributed by atoms with Crippen LogP contribution in [0.2, 0.25) is 0 Å². The fourth-order valence-corrected chi connectivity index (χ4v) is 5.69. The number of nitrogens with one attached hydrogen (secondary N) is 2. The van der Waals surface area contributed by atoms with Crippen molar-refractivity contribution in [1.82, 2.24) is 9.88 Å². The number of rotatable bonds is 4. The van der Waals surface area contributed by atoms with E-state index >= 15 is 0 Å². The molecule has 0 atom stereocenters. The second kappa shape index (κ2) is 7.35. The van der Waals surface area contributed by atoms with Gasteiger partial charge in [-0.1, -0.05) is 12.1 Å². The summed E-state index contributed by atoms with van der Waals surface area (Å²) in [4.78, 5) is 38.7. The molecule has 0 spiro atoms. The summed E-state index contributed by atoms with van der Waals surface area (Å²) in [5.74, 6) is -1.53. The lowest BCUT2D eigenvalue weighted by molar-refractivity contribution is -0.116. The fraction of sp³-hybridized carbons (Fsp3) is 0.409. The van der Waals surface area contributed by atoms with Crippen LogP contribution in [0.25, 0.3) is 11.1 Å². The molecule has 0 bridgehead atoms. The molecule has 1 amide bonds. The van der Waals surface area contributed by atoms with E-state index in [0.717, 1.165) is 10.4 Å². The van der Waals surface area contributed by atoms with Gasteiger partial charge in [-0.3, -0.25) is 9.36 Å². The molecule has 0 unspecified atom stereocenters. The van der Waals surface area contributed by atoms with E-state index in [1.54, 1.807) is 24.3 Å². The van der Waals surface area contributed by atoms with Crippen molar-refractivity contribution in [2.24, 2.45) is 0 Å². The summed E-state index contributed by atoms with van der Waals surface area (Å²) in [5.41, 5.74) is 1.59. The van der Waals surface area contributed by atoms with Crippen LogP contribution in [0.3, 0.4) is 0 Å². The van der Waals surface area contributed by atoms with E-state index < -0.39 is 17.6 Å². The Balaban J connectivity index is 1.71. The van der Waals surface area contributed by atoms with E-state index in [-0.39, 0.29) is 17.6 Å². The predicted octanol–water partition coefficient (Wildman–Crippen LogP) is 3.24. The predicted molar refractivity (Wildman–Crippen MR) is 119 cm³/mol. The molecular weight excluding hydrogens is 418 g/mol. The van der Waals surface area contributed by atoms with E-state index in [2.05, 4.69) is 24.5 Å². The van der Waals surface area contributed by atoms with Crippen LogP contribution in [-0.2, 0) is 28.0 Å². The number of methoxy groups -OCH3 is 1. The second-order valence-corrected chi connectivity index (χ2v) is 9.91. The molecule has 2 aromatic heterocycles. The number of oxazole rings is 1. The van der Waals surface area contributed by atoms with Gasteiger partial charge in [0.05, 0.1) is 18.2 Å². The van der Waals surface area contributed by atoms with E-state index in [0.29, 0.717) is 28.1 Å². The van der Waals surface area contributed by atoms with Crippen molar-refractivity contribution in [3.8, 4) is 0 Å². The van der Waals surface area contributed by atoms with Crippen molar-refractivity contribution in [2.45, 2.75) is 51.7 Å². The number of fused-ring (bicyclic) bond motifs is 2. The standard InChI is InChI=1S/C22H25N3O5S/c1-21(2)10-12-16(19(27)29-5)18(31-17(12)22(3,4)24-21)23-15(26)11-25-13-8-6-7-9-14(13)30-20(25)28/h6-9,24H,10-11H2,1-5H3,(H,23,26). The maximum atomic E-state index is 12.9. The maximum absolute atomic E-state index is 12.9. The third-order valence-electron chi connectivity index (χ3n) is 5.36. The molecule has 31 heavy (non-hydrogen) atoms. The first-order valence-corrected chi connectivity index (χ1v) is 10.8. The summed E-state index contributed by atoms with van der Waals surface area (Å²) in [6.07, 6.45) is 0.619. The molecule has 0 saturated carbocycles. The minimum absolute atomic E-state index is 0.230. The van der Waals surface area contributed by atoms with Crippen LogP contribution >= 0.6 is 11.3 Å². The maximum Gasteiger partial charge on any atom is 0.420 e. The molecular formula is C22H25N3O5S. The Morgan fingerprint density at radius 2 is 1.97 bits per heavy atom. The molecule has 164 valence electrons. The molecule has 0 fully saturated rings. The molecule has 3 heterocycles. The van der Waals surface area contributed by atoms with Crippen LogP contribution in [0.5, 0.6) is 0 Å². The number of para-hydroxylation sites is 2. The molecule has 1 aliphatic rings. The van der Waals surface area contributed by atoms with Gasteiger partial charge in [0, 0.05) is 16.0 Å². The molecule has 1 aliphatic heterocycles. The number of amides is 1. The van der Waals surface area contributed by atoms with Gasteiger partial charge in [-0.2, -0.15) is 0 Å². The number of benzene rings is 1. The highest BCUT2D eigenvalue weighted by molar-refractivity contribution is 7.17. The Kier molecular flexibility index (Phi) is 5.06. The molecule has 2 N–H and O–H groups in total. The van der Waals surface area contributed by atoms with Crippen LogP contribution in [0, 0.1) is 0 Å². The molecule has 0 saturated heterocycles. The van der Waals surface area contributed by atoms with Crippen LogP contribution in [0.1, 0.15) is 48.5 Å². The number of carbonyl (C=O) groups is 2. The van der Waals surface area contributed by atoms with Gasteiger partial charge in [0.25, 0.3) is 0 Å². The Morgan fingerprint density at radius 3 is 2.68 bits per heavy atom. The van der Waals surface area contributed by atoms with Crippen LogP contribution in [-0.4, -0.2) is 29.1 Å². The Labute approximate surface area is 183 Å². The zero-order valence-corrected chi connectivity index (χ0v) is 18.9. The lowest BCUT2D eigenvalue weighted by Crippen LogP contribution is -2.55. The van der Waals surface area contributed by atoms with E-state index in [1.165, 1.54) is 23.0 Å². The highest BCUT2D eigenvalue weighted by Crippen LogP contribution is 2.45. The van der Waals surface area contributed by atoms with Crippen LogP contribution in [0.15, 0.2) is 33.5 Å². The quantitative estimate of drug-likeness (QED) is 0.600. The number of aromatic nitrogens is 1. The number of nitrogens with zero attached hydrogens (tertiary/aromatic N) is 1. The summed E-state index contributed by atoms with van der Waals surface area (Å²) in [6.45, 7) is 8.02. The zero-order valence-electron chi connectivity index (χ0n) is 18.1. The smallest absolute Gasteiger partial charge is 0.420 e. The third-order valence-corrected chi connectivity index (χ3v) is 6.83. The van der Waals surface area contributed by atoms with Gasteiger partial charge in [0.15, 0.2) is 5.58 Å². The average Bonchev–Trinajstić information content (AvgIpc) is 3.17. The Hall–Kier alpha value is -2.91. The van der Waals surface area contributed by atoms with Gasteiger partial charge in [-0.25, -0.2) is 9.59 Å². The topological polar surface area (TPSA) is 103 Å². The minimum atomic E-state index is -0.609. The first-order valence-electron chi connectivity index (χ1n) is 9.94. The molecule has 8 nitrogen and oxygen atoms in total. The van der Waals surface area contributed by atoms with Gasteiger partial charge in [-0.15, -0.1) is 11.3 Å². The minimum Gasteiger partial charge on any atom is -0.465 e. The van der Waals surface area contributed by atoms with Gasteiger partial charge >= 0.3 is 11.7 Å². The van der Waals surface area contributed by atoms with Gasteiger partial charge < -0.3 is 19.8 Å². The van der Waals surface area contributed by atoms with E-state index in [9.17, 15) is 14.4 Å². The highest BCUT2D eigenvalue weighted by Gasteiger charge is 2.42. The van der Waals surface area contributed by atoms with Crippen molar-refractivity contribution in [1.29, 1.82) is 0 Å². The van der Waals surface area contributed by atoms with Crippen LogP contribution in [0.4, 0.5) is 5.00 Å². The molecule has 1 aromatic carbocycles. The van der Waals surface area contributed by atoms with Gasteiger partial charge in [0.2, 0.25) is 5.91 Å². The lowest BCUT2D eigenvalue weighted by atomic mass is 9.81. The number of esters is 1. The summed E-state index contributed by atoms with van der Waals surface area (Å²) >= 11 is 1.36. The number of carbonyl (C=O) groups excluding carboxylic acids is 2. The van der Waals surface area contributed by atoms with Crippen molar-refractivity contribution < 1.29 is 18.7 Å². The van der Waals surface area contributed by atoms with Crippen molar-refractivity contribution in [3.63, 3.8) is 0 Å². The number of thiophene rings is 1. The fourth-order valence-electron chi connectivity index (χ4n) is 4.41. The molecule has 0 aliphatic carbocycles. The van der Waals surface area contributed by atoms with Crippen LogP contribution < -0.4 is 16.4 Å². The van der Waals surface area contributed by atoms with Crippen molar-refractivity contribution in [2.75, 3.05) is 12.4 Å². The normalized spacial score (nSPS) is 16.7. The first kappa shape index (κ1) is 21.3. The first-order chi connectivity index (χ1) is 14.5.